The second kappa shape index (κ2) is 4.56. The van der Waals surface area contributed by atoms with Crippen LogP contribution in [0.15, 0.2) is 24.3 Å². The van der Waals surface area contributed by atoms with E-state index in [0.29, 0.717) is 17.2 Å². The standard InChI is InChI=1S/C13H17NO2/c1-9(10-7-8-10)14-13(15)11-5-3-4-6-12(11)16-2/h3-6,9-10H,7-8H2,1-2H3,(H,14,15). The van der Waals surface area contributed by atoms with Crippen molar-refractivity contribution in [3.05, 3.63) is 29.8 Å². The van der Waals surface area contributed by atoms with Crippen LogP contribution in [0.4, 0.5) is 0 Å². The molecule has 3 heteroatoms. The summed E-state index contributed by atoms with van der Waals surface area (Å²) in [7, 11) is 1.58. The Morgan fingerprint density at radius 3 is 2.75 bits per heavy atom. The van der Waals surface area contributed by atoms with Crippen LogP contribution in [-0.2, 0) is 0 Å². The molecule has 0 spiro atoms. The third-order valence-corrected chi connectivity index (χ3v) is 3.04. The van der Waals surface area contributed by atoms with Crippen molar-refractivity contribution in [3.8, 4) is 5.75 Å². The molecule has 0 aliphatic heterocycles. The Balaban J connectivity index is 2.07. The molecular weight excluding hydrogens is 202 g/mol. The first-order valence-electron chi connectivity index (χ1n) is 5.66. The van der Waals surface area contributed by atoms with Crippen molar-refractivity contribution in [2.45, 2.75) is 25.8 Å². The molecular formula is C13H17NO2. The number of ether oxygens (including phenoxy) is 1. The van der Waals surface area contributed by atoms with Crippen molar-refractivity contribution >= 4 is 5.91 Å². The maximum atomic E-state index is 12.0. The number of para-hydroxylation sites is 1. The van der Waals surface area contributed by atoms with E-state index < -0.39 is 0 Å². The number of rotatable bonds is 4. The Hall–Kier alpha value is -1.51. The van der Waals surface area contributed by atoms with Crippen molar-refractivity contribution < 1.29 is 9.53 Å². The molecule has 16 heavy (non-hydrogen) atoms. The largest absolute Gasteiger partial charge is 0.496 e. The summed E-state index contributed by atoms with van der Waals surface area (Å²) < 4.78 is 5.16. The van der Waals surface area contributed by atoms with Crippen LogP contribution in [0.1, 0.15) is 30.1 Å². The van der Waals surface area contributed by atoms with Gasteiger partial charge in [-0.1, -0.05) is 12.1 Å². The molecule has 0 radical (unpaired) electrons. The molecule has 1 aromatic carbocycles. The fraction of sp³-hybridized carbons (Fsp3) is 0.462. The second-order valence-electron chi connectivity index (χ2n) is 4.30. The number of carbonyl (C=O) groups is 1. The minimum atomic E-state index is -0.0446. The van der Waals surface area contributed by atoms with Crippen molar-refractivity contribution in [2.24, 2.45) is 5.92 Å². The van der Waals surface area contributed by atoms with E-state index >= 15 is 0 Å². The van der Waals surface area contributed by atoms with E-state index in [1.165, 1.54) is 12.8 Å². The van der Waals surface area contributed by atoms with Gasteiger partial charge >= 0.3 is 0 Å². The average Bonchev–Trinajstić information content (AvgIpc) is 3.12. The summed E-state index contributed by atoms with van der Waals surface area (Å²) in [6.07, 6.45) is 2.46. The van der Waals surface area contributed by atoms with E-state index in [1.54, 1.807) is 19.2 Å². The molecule has 1 atom stereocenters. The van der Waals surface area contributed by atoms with E-state index in [2.05, 4.69) is 12.2 Å². The maximum absolute atomic E-state index is 12.0. The number of hydrogen-bond acceptors (Lipinski definition) is 2. The molecule has 2 rings (SSSR count). The number of nitrogens with one attached hydrogen (secondary N) is 1. The lowest BCUT2D eigenvalue weighted by molar-refractivity contribution is 0.0933. The van der Waals surface area contributed by atoms with Gasteiger partial charge in [0.15, 0.2) is 0 Å². The molecule has 86 valence electrons. The Morgan fingerprint density at radius 1 is 1.44 bits per heavy atom. The van der Waals surface area contributed by atoms with Crippen LogP contribution in [0, 0.1) is 5.92 Å². The Labute approximate surface area is 95.8 Å². The van der Waals surface area contributed by atoms with Crippen LogP contribution in [0.2, 0.25) is 0 Å². The molecule has 1 aliphatic rings. The van der Waals surface area contributed by atoms with E-state index in [-0.39, 0.29) is 11.9 Å². The van der Waals surface area contributed by atoms with Crippen molar-refractivity contribution in [2.75, 3.05) is 7.11 Å². The van der Waals surface area contributed by atoms with E-state index in [1.807, 2.05) is 12.1 Å². The first-order chi connectivity index (χ1) is 7.72. The molecule has 1 aromatic rings. The number of hydrogen-bond donors (Lipinski definition) is 1. The Kier molecular flexibility index (Phi) is 3.13. The zero-order chi connectivity index (χ0) is 11.5. The molecule has 1 amide bonds. The first-order valence-corrected chi connectivity index (χ1v) is 5.66. The number of amides is 1. The normalized spacial score (nSPS) is 16.6. The minimum Gasteiger partial charge on any atom is -0.496 e. The van der Waals surface area contributed by atoms with Crippen molar-refractivity contribution in [1.29, 1.82) is 0 Å². The number of methoxy groups -OCH3 is 1. The number of carbonyl (C=O) groups excluding carboxylic acids is 1. The summed E-state index contributed by atoms with van der Waals surface area (Å²) in [6, 6.07) is 7.56. The van der Waals surface area contributed by atoms with Crippen molar-refractivity contribution in [3.63, 3.8) is 0 Å². The van der Waals surface area contributed by atoms with Gasteiger partial charge < -0.3 is 10.1 Å². The lowest BCUT2D eigenvalue weighted by Gasteiger charge is -2.14. The topological polar surface area (TPSA) is 38.3 Å². The van der Waals surface area contributed by atoms with Gasteiger partial charge in [0, 0.05) is 6.04 Å². The quantitative estimate of drug-likeness (QED) is 0.843. The van der Waals surface area contributed by atoms with Gasteiger partial charge in [0.05, 0.1) is 12.7 Å². The summed E-state index contributed by atoms with van der Waals surface area (Å²) in [5.74, 6) is 1.25. The van der Waals surface area contributed by atoms with Gasteiger partial charge in [0.25, 0.3) is 5.91 Å². The van der Waals surface area contributed by atoms with Gasteiger partial charge in [-0.15, -0.1) is 0 Å². The van der Waals surface area contributed by atoms with E-state index in [9.17, 15) is 4.79 Å². The third-order valence-electron chi connectivity index (χ3n) is 3.04. The van der Waals surface area contributed by atoms with Crippen LogP contribution >= 0.6 is 0 Å². The molecule has 1 saturated carbocycles. The van der Waals surface area contributed by atoms with Crippen LogP contribution in [0.5, 0.6) is 5.75 Å². The van der Waals surface area contributed by atoms with Crippen molar-refractivity contribution in [1.82, 2.24) is 5.32 Å². The molecule has 0 saturated heterocycles. The van der Waals surface area contributed by atoms with Crippen LogP contribution in [0.25, 0.3) is 0 Å². The molecule has 0 aromatic heterocycles. The van der Waals surface area contributed by atoms with Gasteiger partial charge in [-0.05, 0) is 37.8 Å². The highest BCUT2D eigenvalue weighted by Gasteiger charge is 2.29. The SMILES string of the molecule is COc1ccccc1C(=O)NC(C)C1CC1. The lowest BCUT2D eigenvalue weighted by Crippen LogP contribution is -2.34. The van der Waals surface area contributed by atoms with Crippen LogP contribution in [0.3, 0.4) is 0 Å². The minimum absolute atomic E-state index is 0.0446. The zero-order valence-electron chi connectivity index (χ0n) is 9.69. The molecule has 3 nitrogen and oxygen atoms in total. The van der Waals surface area contributed by atoms with Gasteiger partial charge in [-0.25, -0.2) is 0 Å². The van der Waals surface area contributed by atoms with Gasteiger partial charge in [-0.2, -0.15) is 0 Å². The average molecular weight is 219 g/mol. The smallest absolute Gasteiger partial charge is 0.255 e. The van der Waals surface area contributed by atoms with Gasteiger partial charge in [-0.3, -0.25) is 4.79 Å². The molecule has 1 unspecified atom stereocenters. The van der Waals surface area contributed by atoms with E-state index in [0.717, 1.165) is 0 Å². The highest BCUT2D eigenvalue weighted by atomic mass is 16.5. The Bertz CT molecular complexity index is 385. The summed E-state index contributed by atoms with van der Waals surface area (Å²) in [5, 5.41) is 3.01. The molecule has 1 fully saturated rings. The fourth-order valence-electron chi connectivity index (χ4n) is 1.83. The zero-order valence-corrected chi connectivity index (χ0v) is 9.69. The highest BCUT2D eigenvalue weighted by molar-refractivity contribution is 5.97. The monoisotopic (exact) mass is 219 g/mol. The van der Waals surface area contributed by atoms with Gasteiger partial charge in [0.1, 0.15) is 5.75 Å². The summed E-state index contributed by atoms with van der Waals surface area (Å²) in [4.78, 5) is 12.0. The van der Waals surface area contributed by atoms with E-state index in [4.69, 9.17) is 4.74 Å². The fourth-order valence-corrected chi connectivity index (χ4v) is 1.83. The second-order valence-corrected chi connectivity index (χ2v) is 4.30. The predicted molar refractivity (Wildman–Crippen MR) is 62.6 cm³/mol. The lowest BCUT2D eigenvalue weighted by atomic mass is 10.1. The molecule has 1 N–H and O–H groups in total. The highest BCUT2D eigenvalue weighted by Crippen LogP contribution is 2.32. The molecule has 0 bridgehead atoms. The Morgan fingerprint density at radius 2 is 2.12 bits per heavy atom. The summed E-state index contributed by atoms with van der Waals surface area (Å²) in [5.41, 5.74) is 0.609. The molecule has 0 heterocycles. The third kappa shape index (κ3) is 2.35. The van der Waals surface area contributed by atoms with Crippen LogP contribution in [-0.4, -0.2) is 19.1 Å². The molecule has 1 aliphatic carbocycles. The summed E-state index contributed by atoms with van der Waals surface area (Å²) >= 11 is 0. The first kappa shape index (κ1) is 11.0. The summed E-state index contributed by atoms with van der Waals surface area (Å²) in [6.45, 7) is 2.06. The maximum Gasteiger partial charge on any atom is 0.255 e. The van der Waals surface area contributed by atoms with Crippen LogP contribution < -0.4 is 10.1 Å². The predicted octanol–water partition coefficient (Wildman–Crippen LogP) is 2.22. The van der Waals surface area contributed by atoms with Gasteiger partial charge in [0.2, 0.25) is 0 Å². The number of benzene rings is 1.